The van der Waals surface area contributed by atoms with Crippen molar-refractivity contribution in [2.24, 2.45) is 5.92 Å². The molecule has 0 saturated heterocycles. The number of nitrogens with one attached hydrogen (secondary N) is 1. The Morgan fingerprint density at radius 1 is 1.10 bits per heavy atom. The molecule has 1 nitrogen and oxygen atoms in total. The SMILES string of the molecule is CCCNC(CC1CCC1)c1c(C)c(C)cc(C)c1C. The van der Waals surface area contributed by atoms with Gasteiger partial charge in [0, 0.05) is 6.04 Å². The summed E-state index contributed by atoms with van der Waals surface area (Å²) in [7, 11) is 0. The highest BCUT2D eigenvalue weighted by Crippen LogP contribution is 2.37. The van der Waals surface area contributed by atoms with E-state index in [1.807, 2.05) is 0 Å². The van der Waals surface area contributed by atoms with Crippen LogP contribution in [0.4, 0.5) is 0 Å². The Balaban J connectivity index is 2.30. The van der Waals surface area contributed by atoms with Crippen LogP contribution in [0.25, 0.3) is 0 Å². The third-order valence-electron chi connectivity index (χ3n) is 5.21. The number of hydrogen-bond acceptors (Lipinski definition) is 1. The van der Waals surface area contributed by atoms with Crippen molar-refractivity contribution < 1.29 is 0 Å². The van der Waals surface area contributed by atoms with E-state index in [2.05, 4.69) is 46.0 Å². The fraction of sp³-hybridized carbons (Fsp3) is 0.684. The molecule has 0 aromatic heterocycles. The molecule has 0 amide bonds. The number of aryl methyl sites for hydroxylation is 2. The van der Waals surface area contributed by atoms with E-state index < -0.39 is 0 Å². The summed E-state index contributed by atoms with van der Waals surface area (Å²) in [4.78, 5) is 0. The summed E-state index contributed by atoms with van der Waals surface area (Å²) in [5.74, 6) is 0.948. The Bertz CT molecular complexity index is 431. The summed E-state index contributed by atoms with van der Waals surface area (Å²) < 4.78 is 0. The average Bonchev–Trinajstić information content (AvgIpc) is 2.37. The van der Waals surface area contributed by atoms with Crippen molar-refractivity contribution in [3.8, 4) is 0 Å². The molecule has 0 bridgehead atoms. The van der Waals surface area contributed by atoms with Crippen LogP contribution >= 0.6 is 0 Å². The van der Waals surface area contributed by atoms with E-state index in [1.165, 1.54) is 54.4 Å². The van der Waals surface area contributed by atoms with Crippen molar-refractivity contribution >= 4 is 0 Å². The highest BCUT2D eigenvalue weighted by molar-refractivity contribution is 5.45. The van der Waals surface area contributed by atoms with Gasteiger partial charge < -0.3 is 5.32 Å². The van der Waals surface area contributed by atoms with Gasteiger partial charge in [0.05, 0.1) is 0 Å². The Morgan fingerprint density at radius 2 is 1.70 bits per heavy atom. The molecular formula is C19H31N. The Hall–Kier alpha value is -0.820. The van der Waals surface area contributed by atoms with Crippen molar-refractivity contribution in [1.29, 1.82) is 0 Å². The normalized spacial score (nSPS) is 17.1. The van der Waals surface area contributed by atoms with Gasteiger partial charge in [-0.15, -0.1) is 0 Å². The van der Waals surface area contributed by atoms with Gasteiger partial charge in [0.1, 0.15) is 0 Å². The molecule has 1 N–H and O–H groups in total. The summed E-state index contributed by atoms with van der Waals surface area (Å²) in [5, 5.41) is 3.82. The lowest BCUT2D eigenvalue weighted by atomic mass is 9.77. The molecule has 1 aromatic rings. The predicted molar refractivity (Wildman–Crippen MR) is 88.4 cm³/mol. The van der Waals surface area contributed by atoms with Crippen LogP contribution in [-0.2, 0) is 0 Å². The van der Waals surface area contributed by atoms with Crippen LogP contribution in [0.3, 0.4) is 0 Å². The molecule has 20 heavy (non-hydrogen) atoms. The second-order valence-corrected chi connectivity index (χ2v) is 6.71. The van der Waals surface area contributed by atoms with Crippen LogP contribution in [0, 0.1) is 33.6 Å². The van der Waals surface area contributed by atoms with Gasteiger partial charge in [0.25, 0.3) is 0 Å². The maximum atomic E-state index is 3.82. The molecule has 112 valence electrons. The predicted octanol–water partition coefficient (Wildman–Crippen LogP) is 5.15. The molecule has 0 radical (unpaired) electrons. The smallest absolute Gasteiger partial charge is 0.0328 e. The van der Waals surface area contributed by atoms with Crippen LogP contribution in [0.2, 0.25) is 0 Å². The molecule has 2 rings (SSSR count). The minimum absolute atomic E-state index is 0.554. The van der Waals surface area contributed by atoms with Gasteiger partial charge in [-0.1, -0.05) is 32.3 Å². The Kier molecular flexibility index (Phi) is 5.26. The molecule has 0 spiro atoms. The van der Waals surface area contributed by atoms with E-state index >= 15 is 0 Å². The fourth-order valence-corrected chi connectivity index (χ4v) is 3.45. The van der Waals surface area contributed by atoms with E-state index in [0.29, 0.717) is 6.04 Å². The summed E-state index contributed by atoms with van der Waals surface area (Å²) in [6.07, 6.45) is 6.85. The number of benzene rings is 1. The maximum Gasteiger partial charge on any atom is 0.0328 e. The van der Waals surface area contributed by atoms with Gasteiger partial charge >= 0.3 is 0 Å². The Morgan fingerprint density at radius 3 is 2.15 bits per heavy atom. The van der Waals surface area contributed by atoms with Crippen molar-refractivity contribution in [2.75, 3.05) is 6.54 Å². The molecule has 0 heterocycles. The molecule has 1 aliphatic carbocycles. The fourth-order valence-electron chi connectivity index (χ4n) is 3.45. The zero-order chi connectivity index (χ0) is 14.7. The van der Waals surface area contributed by atoms with Crippen LogP contribution < -0.4 is 5.32 Å². The minimum Gasteiger partial charge on any atom is -0.310 e. The first-order valence-corrected chi connectivity index (χ1v) is 8.35. The molecule has 1 aliphatic rings. The maximum absolute atomic E-state index is 3.82. The molecule has 1 unspecified atom stereocenters. The van der Waals surface area contributed by atoms with E-state index in [0.717, 1.165) is 12.5 Å². The van der Waals surface area contributed by atoms with Crippen molar-refractivity contribution in [2.45, 2.75) is 72.8 Å². The zero-order valence-electron chi connectivity index (χ0n) is 14.0. The molecule has 1 saturated carbocycles. The van der Waals surface area contributed by atoms with Gasteiger partial charge in [-0.3, -0.25) is 0 Å². The standard InChI is InChI=1S/C19H31N/c1-6-10-20-18(12-17-8-7-9-17)19-15(4)13(2)11-14(3)16(19)5/h11,17-18,20H,6-10,12H2,1-5H3. The summed E-state index contributed by atoms with van der Waals surface area (Å²) in [6.45, 7) is 12.5. The van der Waals surface area contributed by atoms with Gasteiger partial charge in [0.2, 0.25) is 0 Å². The summed E-state index contributed by atoms with van der Waals surface area (Å²) in [5.41, 5.74) is 7.48. The monoisotopic (exact) mass is 273 g/mol. The minimum atomic E-state index is 0.554. The first-order chi connectivity index (χ1) is 9.54. The number of hydrogen-bond donors (Lipinski definition) is 1. The van der Waals surface area contributed by atoms with Crippen molar-refractivity contribution in [3.05, 3.63) is 33.9 Å². The van der Waals surface area contributed by atoms with E-state index in [-0.39, 0.29) is 0 Å². The zero-order valence-corrected chi connectivity index (χ0v) is 14.0. The van der Waals surface area contributed by atoms with Gasteiger partial charge in [-0.2, -0.15) is 0 Å². The molecule has 0 aliphatic heterocycles. The highest BCUT2D eigenvalue weighted by atomic mass is 14.9. The van der Waals surface area contributed by atoms with E-state index in [1.54, 1.807) is 5.56 Å². The van der Waals surface area contributed by atoms with Gasteiger partial charge in [-0.05, 0) is 80.8 Å². The lowest BCUT2D eigenvalue weighted by molar-refractivity contribution is 0.260. The largest absolute Gasteiger partial charge is 0.310 e. The van der Waals surface area contributed by atoms with Crippen LogP contribution in [-0.4, -0.2) is 6.54 Å². The number of rotatable bonds is 6. The molecular weight excluding hydrogens is 242 g/mol. The van der Waals surface area contributed by atoms with Crippen molar-refractivity contribution in [1.82, 2.24) is 5.32 Å². The Labute approximate surface area is 125 Å². The molecule has 1 atom stereocenters. The second kappa shape index (κ2) is 6.76. The van der Waals surface area contributed by atoms with E-state index in [4.69, 9.17) is 0 Å². The quantitative estimate of drug-likeness (QED) is 0.755. The van der Waals surface area contributed by atoms with Gasteiger partial charge in [-0.25, -0.2) is 0 Å². The topological polar surface area (TPSA) is 12.0 Å². The lowest BCUT2D eigenvalue weighted by Gasteiger charge is -2.32. The third kappa shape index (κ3) is 3.25. The van der Waals surface area contributed by atoms with Crippen molar-refractivity contribution in [3.63, 3.8) is 0 Å². The third-order valence-corrected chi connectivity index (χ3v) is 5.21. The highest BCUT2D eigenvalue weighted by Gasteiger charge is 2.25. The summed E-state index contributed by atoms with van der Waals surface area (Å²) in [6, 6.07) is 2.90. The second-order valence-electron chi connectivity index (χ2n) is 6.71. The molecule has 1 aromatic carbocycles. The first kappa shape index (κ1) is 15.6. The summed E-state index contributed by atoms with van der Waals surface area (Å²) >= 11 is 0. The van der Waals surface area contributed by atoms with Crippen LogP contribution in [0.15, 0.2) is 6.07 Å². The van der Waals surface area contributed by atoms with Crippen LogP contribution in [0.1, 0.15) is 72.9 Å². The van der Waals surface area contributed by atoms with Crippen LogP contribution in [0.5, 0.6) is 0 Å². The lowest BCUT2D eigenvalue weighted by Crippen LogP contribution is -2.28. The average molecular weight is 273 g/mol. The first-order valence-electron chi connectivity index (χ1n) is 8.35. The van der Waals surface area contributed by atoms with E-state index in [9.17, 15) is 0 Å². The molecule has 1 heteroatoms. The van der Waals surface area contributed by atoms with Gasteiger partial charge in [0.15, 0.2) is 0 Å². The molecule has 1 fully saturated rings.